The monoisotopic (exact) mass is 347 g/mol. The first kappa shape index (κ1) is 20.7. The number of carbonyl (C=O) groups excluding carboxylic acids is 3. The minimum absolute atomic E-state index is 0.214. The number of benzene rings is 1. The third-order valence-electron chi connectivity index (χ3n) is 3.93. The summed E-state index contributed by atoms with van der Waals surface area (Å²) in [5, 5.41) is 8.25. The van der Waals surface area contributed by atoms with E-state index in [1.807, 2.05) is 0 Å². The second-order valence-electron chi connectivity index (χ2n) is 6.29. The second-order valence-corrected chi connectivity index (χ2v) is 6.29. The van der Waals surface area contributed by atoms with Gasteiger partial charge in [-0.25, -0.2) is 0 Å². The van der Waals surface area contributed by atoms with E-state index in [0.29, 0.717) is 29.4 Å². The zero-order valence-electron chi connectivity index (χ0n) is 15.6. The van der Waals surface area contributed by atoms with Gasteiger partial charge < -0.3 is 16.0 Å². The number of anilines is 2. The van der Waals surface area contributed by atoms with E-state index in [9.17, 15) is 14.4 Å². The van der Waals surface area contributed by atoms with E-state index in [-0.39, 0.29) is 17.7 Å². The van der Waals surface area contributed by atoms with E-state index >= 15 is 0 Å². The molecule has 0 aliphatic rings. The molecule has 0 saturated heterocycles. The Hall–Kier alpha value is -2.37. The van der Waals surface area contributed by atoms with Gasteiger partial charge in [0.25, 0.3) is 5.91 Å². The summed E-state index contributed by atoms with van der Waals surface area (Å²) in [6, 6.07) is 4.83. The third kappa shape index (κ3) is 7.83. The largest absolute Gasteiger partial charge is 0.352 e. The smallest absolute Gasteiger partial charge is 0.251 e. The van der Waals surface area contributed by atoms with Crippen LogP contribution >= 0.6 is 0 Å². The van der Waals surface area contributed by atoms with Crippen LogP contribution < -0.4 is 16.0 Å². The number of hydrogen-bond acceptors (Lipinski definition) is 3. The fourth-order valence-corrected chi connectivity index (χ4v) is 2.59. The second kappa shape index (κ2) is 10.5. The summed E-state index contributed by atoms with van der Waals surface area (Å²) in [5.41, 5.74) is 1.35. The highest BCUT2D eigenvalue weighted by Crippen LogP contribution is 2.20. The molecule has 1 aromatic carbocycles. The average molecular weight is 347 g/mol. The van der Waals surface area contributed by atoms with E-state index in [0.717, 1.165) is 25.7 Å². The maximum atomic E-state index is 12.5. The molecule has 0 spiro atoms. The van der Waals surface area contributed by atoms with Gasteiger partial charge in [-0.2, -0.15) is 0 Å². The molecular weight excluding hydrogens is 318 g/mol. The maximum absolute atomic E-state index is 12.5. The van der Waals surface area contributed by atoms with Crippen molar-refractivity contribution < 1.29 is 14.4 Å². The molecule has 0 saturated carbocycles. The van der Waals surface area contributed by atoms with E-state index in [1.54, 1.807) is 18.2 Å². The zero-order chi connectivity index (χ0) is 18.8. The van der Waals surface area contributed by atoms with Gasteiger partial charge in [0.05, 0.1) is 0 Å². The van der Waals surface area contributed by atoms with Gasteiger partial charge in [0.2, 0.25) is 11.8 Å². The van der Waals surface area contributed by atoms with E-state index in [4.69, 9.17) is 0 Å². The number of carbonyl (C=O) groups is 3. The summed E-state index contributed by atoms with van der Waals surface area (Å²) in [7, 11) is 0. The molecule has 0 fully saturated rings. The minimum Gasteiger partial charge on any atom is -0.352 e. The van der Waals surface area contributed by atoms with Crippen molar-refractivity contribution >= 4 is 29.1 Å². The van der Waals surface area contributed by atoms with Crippen molar-refractivity contribution in [2.45, 2.75) is 53.4 Å². The molecule has 6 nitrogen and oxygen atoms in total. The van der Waals surface area contributed by atoms with Crippen LogP contribution in [0, 0.1) is 5.92 Å². The molecule has 1 aromatic rings. The summed E-state index contributed by atoms with van der Waals surface area (Å²) >= 11 is 0. The van der Waals surface area contributed by atoms with Crippen molar-refractivity contribution in [3.8, 4) is 0 Å². The van der Waals surface area contributed by atoms with Crippen molar-refractivity contribution in [1.82, 2.24) is 5.32 Å². The first-order chi connectivity index (χ1) is 11.8. The molecule has 25 heavy (non-hydrogen) atoms. The zero-order valence-corrected chi connectivity index (χ0v) is 15.6. The molecule has 0 aliphatic carbocycles. The van der Waals surface area contributed by atoms with Crippen LogP contribution in [0.3, 0.4) is 0 Å². The first-order valence-electron chi connectivity index (χ1n) is 8.84. The van der Waals surface area contributed by atoms with Gasteiger partial charge in [-0.3, -0.25) is 14.4 Å². The molecule has 0 bridgehead atoms. The Morgan fingerprint density at radius 1 is 0.960 bits per heavy atom. The highest BCUT2D eigenvalue weighted by atomic mass is 16.2. The number of amides is 3. The lowest BCUT2D eigenvalue weighted by Crippen LogP contribution is -2.29. The summed E-state index contributed by atoms with van der Waals surface area (Å²) in [5.74, 6) is -0.236. The summed E-state index contributed by atoms with van der Waals surface area (Å²) in [4.78, 5) is 35.0. The number of rotatable bonds is 9. The van der Waals surface area contributed by atoms with Gasteiger partial charge in [-0.15, -0.1) is 0 Å². The van der Waals surface area contributed by atoms with Crippen molar-refractivity contribution in [3.05, 3.63) is 23.8 Å². The van der Waals surface area contributed by atoms with Crippen LogP contribution in [0.1, 0.15) is 63.7 Å². The van der Waals surface area contributed by atoms with Crippen LogP contribution in [0.4, 0.5) is 11.4 Å². The molecule has 6 heteroatoms. The summed E-state index contributed by atoms with van der Waals surface area (Å²) < 4.78 is 0. The van der Waals surface area contributed by atoms with Gasteiger partial charge in [0, 0.05) is 37.3 Å². The van der Waals surface area contributed by atoms with Gasteiger partial charge in [0.15, 0.2) is 0 Å². The van der Waals surface area contributed by atoms with Gasteiger partial charge in [-0.1, -0.05) is 33.1 Å². The van der Waals surface area contributed by atoms with Crippen molar-refractivity contribution in [3.63, 3.8) is 0 Å². The van der Waals surface area contributed by atoms with Crippen molar-refractivity contribution in [2.24, 2.45) is 5.92 Å². The first-order valence-corrected chi connectivity index (χ1v) is 8.84. The standard InChI is InChI=1S/C19H29N3O3/c1-5-7-8-15(6-2)12-20-19(25)16-9-17(21-13(3)23)11-18(10-16)22-14(4)24/h9-11,15H,5-8,12H2,1-4H3,(H,20,25)(H,21,23)(H,22,24). The summed E-state index contributed by atoms with van der Waals surface area (Å²) in [6.07, 6.45) is 4.40. The van der Waals surface area contributed by atoms with E-state index < -0.39 is 0 Å². The third-order valence-corrected chi connectivity index (χ3v) is 3.93. The molecule has 3 amide bonds. The van der Waals surface area contributed by atoms with E-state index in [2.05, 4.69) is 29.8 Å². The summed E-state index contributed by atoms with van der Waals surface area (Å²) in [6.45, 7) is 7.69. The highest BCUT2D eigenvalue weighted by molar-refractivity contribution is 5.99. The fourth-order valence-electron chi connectivity index (χ4n) is 2.59. The lowest BCUT2D eigenvalue weighted by molar-refractivity contribution is -0.115. The topological polar surface area (TPSA) is 87.3 Å². The molecule has 1 rings (SSSR count). The minimum atomic E-state index is -0.239. The molecule has 0 radical (unpaired) electrons. The molecule has 138 valence electrons. The van der Waals surface area contributed by atoms with Gasteiger partial charge in [0.1, 0.15) is 0 Å². The Kier molecular flexibility index (Phi) is 8.67. The molecular formula is C19H29N3O3. The lowest BCUT2D eigenvalue weighted by atomic mass is 9.99. The highest BCUT2D eigenvalue weighted by Gasteiger charge is 2.13. The Labute approximate surface area is 149 Å². The predicted molar refractivity (Wildman–Crippen MR) is 101 cm³/mol. The fraction of sp³-hybridized carbons (Fsp3) is 0.526. The van der Waals surface area contributed by atoms with Crippen molar-refractivity contribution in [1.29, 1.82) is 0 Å². The predicted octanol–water partition coefficient (Wildman–Crippen LogP) is 3.55. The van der Waals surface area contributed by atoms with Crippen LogP contribution in [0.15, 0.2) is 18.2 Å². The van der Waals surface area contributed by atoms with Gasteiger partial charge in [-0.05, 0) is 30.5 Å². The molecule has 1 unspecified atom stereocenters. The molecule has 1 atom stereocenters. The normalized spacial score (nSPS) is 11.5. The molecule has 0 aromatic heterocycles. The Morgan fingerprint density at radius 3 is 1.96 bits per heavy atom. The number of hydrogen-bond donors (Lipinski definition) is 3. The molecule has 3 N–H and O–H groups in total. The SMILES string of the molecule is CCCCC(CC)CNC(=O)c1cc(NC(C)=O)cc(NC(C)=O)c1. The average Bonchev–Trinajstić information content (AvgIpc) is 2.53. The van der Waals surface area contributed by atoms with Crippen LogP contribution in [0.25, 0.3) is 0 Å². The Bertz CT molecular complexity index is 580. The van der Waals surface area contributed by atoms with Crippen LogP contribution in [-0.4, -0.2) is 24.3 Å². The van der Waals surface area contributed by atoms with Gasteiger partial charge >= 0.3 is 0 Å². The quantitative estimate of drug-likeness (QED) is 0.638. The number of nitrogens with one attached hydrogen (secondary N) is 3. The Balaban J connectivity index is 2.87. The van der Waals surface area contributed by atoms with E-state index in [1.165, 1.54) is 13.8 Å². The number of unbranched alkanes of at least 4 members (excludes halogenated alkanes) is 1. The molecule has 0 aliphatic heterocycles. The van der Waals surface area contributed by atoms with Crippen LogP contribution in [0.2, 0.25) is 0 Å². The molecule has 0 heterocycles. The van der Waals surface area contributed by atoms with Crippen LogP contribution in [0.5, 0.6) is 0 Å². The van der Waals surface area contributed by atoms with Crippen LogP contribution in [-0.2, 0) is 9.59 Å². The van der Waals surface area contributed by atoms with Crippen molar-refractivity contribution in [2.75, 3.05) is 17.2 Å². The Morgan fingerprint density at radius 2 is 1.52 bits per heavy atom. The maximum Gasteiger partial charge on any atom is 0.251 e. The lowest BCUT2D eigenvalue weighted by Gasteiger charge is -2.16.